The van der Waals surface area contributed by atoms with Crippen LogP contribution < -0.4 is 5.32 Å². The lowest BCUT2D eigenvalue weighted by molar-refractivity contribution is 0.0277. The summed E-state index contributed by atoms with van der Waals surface area (Å²) < 4.78 is 5.01. The molecule has 0 aliphatic heterocycles. The molecule has 2 N–H and O–H groups in total. The summed E-state index contributed by atoms with van der Waals surface area (Å²) >= 11 is 0. The summed E-state index contributed by atoms with van der Waals surface area (Å²) in [5.74, 6) is 0. The first-order valence-corrected chi connectivity index (χ1v) is 8.18. The minimum atomic E-state index is -0.380. The van der Waals surface area contributed by atoms with Gasteiger partial charge in [-0.2, -0.15) is 0 Å². The van der Waals surface area contributed by atoms with Gasteiger partial charge in [-0.25, -0.2) is 0 Å². The molecule has 0 radical (unpaired) electrons. The van der Waals surface area contributed by atoms with Crippen LogP contribution in [0.25, 0.3) is 0 Å². The Labute approximate surface area is 124 Å². The van der Waals surface area contributed by atoms with E-state index in [9.17, 15) is 5.11 Å². The predicted octanol–water partition coefficient (Wildman–Crippen LogP) is 1.88. The topological polar surface area (TPSA) is 44.7 Å². The third kappa shape index (κ3) is 6.53. The Morgan fingerprint density at radius 3 is 2.60 bits per heavy atom. The zero-order valence-corrected chi connectivity index (χ0v) is 13.7. The molecule has 4 nitrogen and oxygen atoms in total. The third-order valence-electron chi connectivity index (χ3n) is 4.33. The fraction of sp³-hybridized carbons (Fsp3) is 1.00. The van der Waals surface area contributed by atoms with Gasteiger partial charge in [-0.1, -0.05) is 26.2 Å². The number of hydrogen-bond donors (Lipinski definition) is 2. The minimum Gasteiger partial charge on any atom is -0.389 e. The van der Waals surface area contributed by atoms with Gasteiger partial charge in [0.1, 0.15) is 0 Å². The number of nitrogens with one attached hydrogen (secondary N) is 1. The minimum absolute atomic E-state index is 0.380. The highest BCUT2D eigenvalue weighted by Crippen LogP contribution is 2.36. The molecule has 20 heavy (non-hydrogen) atoms. The highest BCUT2D eigenvalue weighted by atomic mass is 16.5. The van der Waals surface area contributed by atoms with E-state index in [1.54, 1.807) is 7.11 Å². The molecule has 1 unspecified atom stereocenters. The van der Waals surface area contributed by atoms with Gasteiger partial charge in [0.15, 0.2) is 0 Å². The van der Waals surface area contributed by atoms with E-state index in [-0.39, 0.29) is 6.10 Å². The summed E-state index contributed by atoms with van der Waals surface area (Å²) in [7, 11) is 3.76. The van der Waals surface area contributed by atoms with Crippen LogP contribution in [-0.4, -0.2) is 63.1 Å². The molecule has 0 aromatic rings. The first-order chi connectivity index (χ1) is 9.62. The molecule has 1 saturated carbocycles. The number of hydrogen-bond acceptors (Lipinski definition) is 4. The molecule has 1 aliphatic carbocycles. The third-order valence-corrected chi connectivity index (χ3v) is 4.33. The van der Waals surface area contributed by atoms with Gasteiger partial charge in [-0.15, -0.1) is 0 Å². The predicted molar refractivity (Wildman–Crippen MR) is 84.1 cm³/mol. The van der Waals surface area contributed by atoms with Crippen molar-refractivity contribution in [2.24, 2.45) is 5.41 Å². The van der Waals surface area contributed by atoms with Crippen molar-refractivity contribution in [3.63, 3.8) is 0 Å². The van der Waals surface area contributed by atoms with E-state index in [1.165, 1.54) is 38.5 Å². The van der Waals surface area contributed by atoms with Gasteiger partial charge in [0.05, 0.1) is 12.7 Å². The number of nitrogens with zero attached hydrogens (tertiary/aromatic N) is 1. The lowest BCUT2D eigenvalue weighted by atomic mass is 9.73. The smallest absolute Gasteiger partial charge is 0.0899 e. The van der Waals surface area contributed by atoms with E-state index in [1.807, 2.05) is 0 Å². The SMILES string of the molecule is CCCNCC1(CN(C)CC(O)COC)CCCCC1. The quantitative estimate of drug-likeness (QED) is 0.602. The molecule has 1 atom stereocenters. The van der Waals surface area contributed by atoms with Gasteiger partial charge < -0.3 is 20.1 Å². The largest absolute Gasteiger partial charge is 0.389 e. The summed E-state index contributed by atoms with van der Waals surface area (Å²) in [6, 6.07) is 0. The van der Waals surface area contributed by atoms with E-state index in [2.05, 4.69) is 24.2 Å². The van der Waals surface area contributed by atoms with Crippen LogP contribution in [0.3, 0.4) is 0 Å². The molecule has 1 aliphatic rings. The van der Waals surface area contributed by atoms with Crippen LogP contribution in [0.2, 0.25) is 0 Å². The molecule has 0 heterocycles. The van der Waals surface area contributed by atoms with Gasteiger partial charge in [-0.3, -0.25) is 0 Å². The van der Waals surface area contributed by atoms with E-state index in [0.29, 0.717) is 18.6 Å². The van der Waals surface area contributed by atoms with Crippen molar-refractivity contribution >= 4 is 0 Å². The van der Waals surface area contributed by atoms with Crippen molar-refractivity contribution in [1.29, 1.82) is 0 Å². The Morgan fingerprint density at radius 1 is 1.30 bits per heavy atom. The zero-order valence-electron chi connectivity index (χ0n) is 13.7. The lowest BCUT2D eigenvalue weighted by Gasteiger charge is -2.41. The van der Waals surface area contributed by atoms with Crippen LogP contribution in [-0.2, 0) is 4.74 Å². The van der Waals surface area contributed by atoms with Crippen LogP contribution in [0.4, 0.5) is 0 Å². The highest BCUT2D eigenvalue weighted by molar-refractivity contribution is 4.87. The number of aliphatic hydroxyl groups is 1. The monoisotopic (exact) mass is 286 g/mol. The first kappa shape index (κ1) is 17.9. The summed E-state index contributed by atoms with van der Waals surface area (Å²) in [5.41, 5.74) is 0.398. The normalized spacial score (nSPS) is 20.2. The fourth-order valence-corrected chi connectivity index (χ4v) is 3.46. The summed E-state index contributed by atoms with van der Waals surface area (Å²) in [6.07, 6.45) is 7.52. The van der Waals surface area contributed by atoms with Crippen molar-refractivity contribution in [2.75, 3.05) is 46.9 Å². The van der Waals surface area contributed by atoms with Crippen LogP contribution in [0.1, 0.15) is 45.4 Å². The Bertz CT molecular complexity index is 243. The van der Waals surface area contributed by atoms with E-state index >= 15 is 0 Å². The Balaban J connectivity index is 2.46. The maximum atomic E-state index is 9.86. The fourth-order valence-electron chi connectivity index (χ4n) is 3.46. The summed E-state index contributed by atoms with van der Waals surface area (Å²) in [5, 5.41) is 13.5. The van der Waals surface area contributed by atoms with Gasteiger partial charge in [-0.05, 0) is 38.3 Å². The number of ether oxygens (including phenoxy) is 1. The number of methoxy groups -OCH3 is 1. The second-order valence-electron chi connectivity index (χ2n) is 6.54. The molecule has 0 bridgehead atoms. The second kappa shape index (κ2) is 9.72. The molecule has 0 amide bonds. The van der Waals surface area contributed by atoms with Gasteiger partial charge in [0, 0.05) is 26.7 Å². The van der Waals surface area contributed by atoms with Crippen molar-refractivity contribution < 1.29 is 9.84 Å². The molecule has 120 valence electrons. The molecule has 1 fully saturated rings. The number of rotatable bonds is 10. The molecule has 0 aromatic heterocycles. The van der Waals surface area contributed by atoms with Crippen molar-refractivity contribution in [3.8, 4) is 0 Å². The molecule has 0 aromatic carbocycles. The summed E-state index contributed by atoms with van der Waals surface area (Å²) in [6.45, 7) is 6.64. The molecule has 0 spiro atoms. The van der Waals surface area contributed by atoms with Crippen LogP contribution in [0.5, 0.6) is 0 Å². The van der Waals surface area contributed by atoms with Crippen LogP contribution in [0.15, 0.2) is 0 Å². The van der Waals surface area contributed by atoms with Crippen molar-refractivity contribution in [3.05, 3.63) is 0 Å². The van der Waals surface area contributed by atoms with Gasteiger partial charge in [0.2, 0.25) is 0 Å². The average molecular weight is 286 g/mol. The first-order valence-electron chi connectivity index (χ1n) is 8.18. The number of likely N-dealkylation sites (N-methyl/N-ethyl adjacent to an activating group) is 1. The van der Waals surface area contributed by atoms with Gasteiger partial charge >= 0.3 is 0 Å². The van der Waals surface area contributed by atoms with E-state index in [0.717, 1.165) is 19.6 Å². The molecule has 4 heteroatoms. The standard InChI is InChI=1S/C16H34N2O2/c1-4-10-17-13-16(8-6-5-7-9-16)14-18(2)11-15(19)12-20-3/h15,17,19H,4-14H2,1-3H3. The lowest BCUT2D eigenvalue weighted by Crippen LogP contribution is -2.46. The Kier molecular flexibility index (Phi) is 8.69. The van der Waals surface area contributed by atoms with Crippen LogP contribution >= 0.6 is 0 Å². The zero-order chi connectivity index (χ0) is 14.8. The van der Waals surface area contributed by atoms with E-state index in [4.69, 9.17) is 4.74 Å². The molecular weight excluding hydrogens is 252 g/mol. The summed E-state index contributed by atoms with van der Waals surface area (Å²) in [4.78, 5) is 2.28. The second-order valence-corrected chi connectivity index (χ2v) is 6.54. The average Bonchev–Trinajstić information content (AvgIpc) is 2.40. The van der Waals surface area contributed by atoms with Gasteiger partial charge in [0.25, 0.3) is 0 Å². The van der Waals surface area contributed by atoms with Crippen LogP contribution in [0, 0.1) is 5.41 Å². The maximum absolute atomic E-state index is 9.86. The van der Waals surface area contributed by atoms with Crippen molar-refractivity contribution in [2.45, 2.75) is 51.6 Å². The van der Waals surface area contributed by atoms with Crippen molar-refractivity contribution in [1.82, 2.24) is 10.2 Å². The molecular formula is C16H34N2O2. The molecule has 0 saturated heterocycles. The Morgan fingerprint density at radius 2 is 2.00 bits per heavy atom. The number of aliphatic hydroxyl groups excluding tert-OH is 1. The Hall–Kier alpha value is -0.160. The molecule has 1 rings (SSSR count). The highest BCUT2D eigenvalue weighted by Gasteiger charge is 2.33. The maximum Gasteiger partial charge on any atom is 0.0899 e. The van der Waals surface area contributed by atoms with E-state index < -0.39 is 0 Å².